The number of benzene rings is 1. The number of pyridine rings is 1. The normalized spacial score (nSPS) is 20.0. The summed E-state index contributed by atoms with van der Waals surface area (Å²) in [4.78, 5) is 16.4. The molecule has 5 nitrogen and oxygen atoms in total. The van der Waals surface area contributed by atoms with E-state index in [0.29, 0.717) is 17.0 Å². The molecular formula is C19H19N3O2. The van der Waals surface area contributed by atoms with Crippen LogP contribution >= 0.6 is 0 Å². The first kappa shape index (κ1) is 16.0. The number of nitrogens with one attached hydrogen (secondary N) is 1. The van der Waals surface area contributed by atoms with Gasteiger partial charge in [0, 0.05) is 23.9 Å². The van der Waals surface area contributed by atoms with Crippen molar-refractivity contribution in [1.29, 1.82) is 5.26 Å². The quantitative estimate of drug-likeness (QED) is 0.939. The Labute approximate surface area is 141 Å². The van der Waals surface area contributed by atoms with Crippen LogP contribution in [0.2, 0.25) is 0 Å². The second-order valence-electron chi connectivity index (χ2n) is 5.92. The molecular weight excluding hydrogens is 302 g/mol. The molecule has 3 rings (SSSR count). The molecule has 1 aromatic heterocycles. The van der Waals surface area contributed by atoms with E-state index in [0.717, 1.165) is 25.7 Å². The minimum Gasteiger partial charge on any atom is -0.474 e. The smallest absolute Gasteiger partial charge is 0.251 e. The van der Waals surface area contributed by atoms with Gasteiger partial charge in [0.15, 0.2) is 0 Å². The summed E-state index contributed by atoms with van der Waals surface area (Å²) < 4.78 is 5.86. The molecule has 5 heteroatoms. The second-order valence-corrected chi connectivity index (χ2v) is 5.92. The number of rotatable bonds is 4. The molecule has 1 saturated carbocycles. The second kappa shape index (κ2) is 7.60. The van der Waals surface area contributed by atoms with Gasteiger partial charge in [-0.1, -0.05) is 6.07 Å². The van der Waals surface area contributed by atoms with Crippen LogP contribution in [0.4, 0.5) is 0 Å². The van der Waals surface area contributed by atoms with Crippen LogP contribution < -0.4 is 10.1 Å². The molecule has 0 spiro atoms. The van der Waals surface area contributed by atoms with E-state index in [1.54, 1.807) is 30.5 Å². The van der Waals surface area contributed by atoms with Gasteiger partial charge >= 0.3 is 0 Å². The summed E-state index contributed by atoms with van der Waals surface area (Å²) in [5.41, 5.74) is 1.14. The lowest BCUT2D eigenvalue weighted by Crippen LogP contribution is -2.39. The predicted octanol–water partition coefficient (Wildman–Crippen LogP) is 3.07. The molecule has 1 aliphatic carbocycles. The Morgan fingerprint density at radius 1 is 1.12 bits per heavy atom. The van der Waals surface area contributed by atoms with Crippen LogP contribution in [0.3, 0.4) is 0 Å². The third-order valence-electron chi connectivity index (χ3n) is 4.21. The topological polar surface area (TPSA) is 75.0 Å². The molecule has 0 bridgehead atoms. The van der Waals surface area contributed by atoms with Crippen molar-refractivity contribution in [2.24, 2.45) is 0 Å². The fourth-order valence-corrected chi connectivity index (χ4v) is 2.88. The first-order chi connectivity index (χ1) is 11.7. The third-order valence-corrected chi connectivity index (χ3v) is 4.21. The van der Waals surface area contributed by atoms with Crippen molar-refractivity contribution >= 4 is 5.91 Å². The van der Waals surface area contributed by atoms with Gasteiger partial charge in [0.25, 0.3) is 5.91 Å². The van der Waals surface area contributed by atoms with E-state index in [9.17, 15) is 4.79 Å². The summed E-state index contributed by atoms with van der Waals surface area (Å²) in [6, 6.07) is 14.5. The molecule has 1 aromatic carbocycles. The molecule has 1 N–H and O–H groups in total. The lowest BCUT2D eigenvalue weighted by atomic mass is 9.92. The predicted molar refractivity (Wildman–Crippen MR) is 89.5 cm³/mol. The Morgan fingerprint density at radius 2 is 1.88 bits per heavy atom. The SMILES string of the molecule is N#Cc1ccc(C(=O)NC2CCC(Oc3ccccn3)CC2)cc1. The molecule has 2 aromatic rings. The maximum atomic E-state index is 12.2. The molecule has 1 aliphatic rings. The van der Waals surface area contributed by atoms with E-state index < -0.39 is 0 Å². The molecule has 1 heterocycles. The minimum atomic E-state index is -0.0893. The van der Waals surface area contributed by atoms with E-state index in [1.807, 2.05) is 24.3 Å². The van der Waals surface area contributed by atoms with Gasteiger partial charge in [-0.05, 0) is 56.0 Å². The molecule has 1 fully saturated rings. The number of ether oxygens (including phenoxy) is 1. The molecule has 0 atom stereocenters. The van der Waals surface area contributed by atoms with E-state index in [4.69, 9.17) is 10.00 Å². The molecule has 0 saturated heterocycles. The number of carbonyl (C=O) groups is 1. The molecule has 0 radical (unpaired) electrons. The summed E-state index contributed by atoms with van der Waals surface area (Å²) in [6.45, 7) is 0. The highest BCUT2D eigenvalue weighted by Crippen LogP contribution is 2.23. The summed E-state index contributed by atoms with van der Waals surface area (Å²) in [6.07, 6.45) is 5.45. The van der Waals surface area contributed by atoms with Crippen molar-refractivity contribution in [1.82, 2.24) is 10.3 Å². The van der Waals surface area contributed by atoms with Gasteiger partial charge < -0.3 is 10.1 Å². The van der Waals surface area contributed by atoms with E-state index >= 15 is 0 Å². The van der Waals surface area contributed by atoms with Gasteiger partial charge in [-0.15, -0.1) is 0 Å². The van der Waals surface area contributed by atoms with Gasteiger partial charge in [-0.2, -0.15) is 5.26 Å². The van der Waals surface area contributed by atoms with Crippen molar-refractivity contribution in [3.63, 3.8) is 0 Å². The van der Waals surface area contributed by atoms with Crippen LogP contribution in [0.5, 0.6) is 5.88 Å². The van der Waals surface area contributed by atoms with E-state index in [1.165, 1.54) is 0 Å². The monoisotopic (exact) mass is 321 g/mol. The number of hydrogen-bond acceptors (Lipinski definition) is 4. The minimum absolute atomic E-state index is 0.0893. The fraction of sp³-hybridized carbons (Fsp3) is 0.316. The van der Waals surface area contributed by atoms with Gasteiger partial charge in [0.1, 0.15) is 6.10 Å². The molecule has 24 heavy (non-hydrogen) atoms. The fourth-order valence-electron chi connectivity index (χ4n) is 2.88. The number of nitrogens with zero attached hydrogens (tertiary/aromatic N) is 2. The third kappa shape index (κ3) is 4.11. The molecule has 1 amide bonds. The Morgan fingerprint density at radius 3 is 2.50 bits per heavy atom. The molecule has 0 aliphatic heterocycles. The van der Waals surface area contributed by atoms with Crippen LogP contribution in [0, 0.1) is 11.3 Å². The first-order valence-corrected chi connectivity index (χ1v) is 8.13. The summed E-state index contributed by atoms with van der Waals surface area (Å²) in [5.74, 6) is 0.566. The van der Waals surface area contributed by atoms with Crippen LogP contribution in [-0.2, 0) is 0 Å². The average Bonchev–Trinajstić information content (AvgIpc) is 2.64. The zero-order valence-corrected chi connectivity index (χ0v) is 13.3. The van der Waals surface area contributed by atoms with Crippen LogP contribution in [0.1, 0.15) is 41.6 Å². The number of aromatic nitrogens is 1. The molecule has 0 unspecified atom stereocenters. The van der Waals surface area contributed by atoms with Gasteiger partial charge in [-0.25, -0.2) is 4.98 Å². The van der Waals surface area contributed by atoms with Crippen molar-refractivity contribution < 1.29 is 9.53 Å². The first-order valence-electron chi connectivity index (χ1n) is 8.13. The van der Waals surface area contributed by atoms with Crippen molar-refractivity contribution in [2.75, 3.05) is 0 Å². The molecule has 122 valence electrons. The standard InChI is InChI=1S/C19H19N3O2/c20-13-14-4-6-15(7-5-14)19(23)22-16-8-10-17(11-9-16)24-18-3-1-2-12-21-18/h1-7,12,16-17H,8-11H2,(H,22,23). The van der Waals surface area contributed by atoms with E-state index in [-0.39, 0.29) is 18.1 Å². The average molecular weight is 321 g/mol. The van der Waals surface area contributed by atoms with Crippen molar-refractivity contribution in [3.8, 4) is 11.9 Å². The van der Waals surface area contributed by atoms with Crippen LogP contribution in [0.15, 0.2) is 48.7 Å². The Hall–Kier alpha value is -2.87. The van der Waals surface area contributed by atoms with Gasteiger partial charge in [-0.3, -0.25) is 4.79 Å². The van der Waals surface area contributed by atoms with Gasteiger partial charge in [0.05, 0.1) is 11.6 Å². The lowest BCUT2D eigenvalue weighted by molar-refractivity contribution is 0.0890. The number of hydrogen-bond donors (Lipinski definition) is 1. The van der Waals surface area contributed by atoms with E-state index in [2.05, 4.69) is 10.3 Å². The van der Waals surface area contributed by atoms with Gasteiger partial charge in [0.2, 0.25) is 5.88 Å². The Balaban J connectivity index is 1.48. The Kier molecular flexibility index (Phi) is 5.07. The zero-order valence-electron chi connectivity index (χ0n) is 13.3. The number of nitriles is 1. The van der Waals surface area contributed by atoms with Crippen LogP contribution in [-0.4, -0.2) is 23.0 Å². The maximum Gasteiger partial charge on any atom is 0.251 e. The van der Waals surface area contributed by atoms with Crippen molar-refractivity contribution in [3.05, 3.63) is 59.8 Å². The summed E-state index contributed by atoms with van der Waals surface area (Å²) >= 11 is 0. The summed E-state index contributed by atoms with van der Waals surface area (Å²) in [5, 5.41) is 11.9. The van der Waals surface area contributed by atoms with Crippen LogP contribution in [0.25, 0.3) is 0 Å². The number of carbonyl (C=O) groups excluding carboxylic acids is 1. The largest absolute Gasteiger partial charge is 0.474 e. The summed E-state index contributed by atoms with van der Waals surface area (Å²) in [7, 11) is 0. The highest BCUT2D eigenvalue weighted by atomic mass is 16.5. The highest BCUT2D eigenvalue weighted by molar-refractivity contribution is 5.94. The number of amides is 1. The maximum absolute atomic E-state index is 12.2. The highest BCUT2D eigenvalue weighted by Gasteiger charge is 2.24. The zero-order chi connectivity index (χ0) is 16.8. The Bertz CT molecular complexity index is 715. The van der Waals surface area contributed by atoms with Crippen molar-refractivity contribution in [2.45, 2.75) is 37.8 Å². The lowest BCUT2D eigenvalue weighted by Gasteiger charge is -2.29.